The van der Waals surface area contributed by atoms with Crippen LogP contribution in [0.25, 0.3) is 0 Å². The fourth-order valence-corrected chi connectivity index (χ4v) is 0.963. The second kappa shape index (κ2) is 3.77. The van der Waals surface area contributed by atoms with Crippen LogP contribution in [0.4, 0.5) is 13.2 Å². The van der Waals surface area contributed by atoms with Gasteiger partial charge in [-0.25, -0.2) is 4.98 Å². The number of pyridine rings is 1. The van der Waals surface area contributed by atoms with Gasteiger partial charge < -0.3 is 4.74 Å². The van der Waals surface area contributed by atoms with Crippen molar-refractivity contribution < 1.29 is 17.9 Å². The van der Waals surface area contributed by atoms with Crippen molar-refractivity contribution in [3.63, 3.8) is 0 Å². The largest absolute Gasteiger partial charge is 0.573 e. The summed E-state index contributed by atoms with van der Waals surface area (Å²) in [7, 11) is 0. The van der Waals surface area contributed by atoms with Gasteiger partial charge in [0.05, 0.1) is 0 Å². The summed E-state index contributed by atoms with van der Waals surface area (Å²) in [4.78, 5) is 3.69. The van der Waals surface area contributed by atoms with E-state index in [4.69, 9.17) is 5.26 Å². The molecular formula is C9H7F3N2O. The average molecular weight is 216 g/mol. The van der Waals surface area contributed by atoms with E-state index in [1.54, 1.807) is 19.9 Å². The van der Waals surface area contributed by atoms with Gasteiger partial charge in [-0.3, -0.25) is 0 Å². The topological polar surface area (TPSA) is 45.9 Å². The summed E-state index contributed by atoms with van der Waals surface area (Å²) >= 11 is 0. The molecule has 80 valence electrons. The molecule has 0 aliphatic carbocycles. The number of hydrogen-bond acceptors (Lipinski definition) is 3. The zero-order valence-corrected chi connectivity index (χ0v) is 8.01. The second-order valence-corrected chi connectivity index (χ2v) is 2.90. The zero-order valence-electron chi connectivity index (χ0n) is 8.01. The van der Waals surface area contributed by atoms with E-state index in [0.717, 1.165) is 6.07 Å². The SMILES string of the molecule is Cc1cc(OC(F)(F)F)c(C#N)nc1C. The van der Waals surface area contributed by atoms with Crippen LogP contribution in [-0.2, 0) is 0 Å². The number of nitrogens with zero attached hydrogens (tertiary/aromatic N) is 2. The third-order valence-electron chi connectivity index (χ3n) is 1.76. The maximum atomic E-state index is 11.9. The third-order valence-corrected chi connectivity index (χ3v) is 1.76. The monoisotopic (exact) mass is 216 g/mol. The van der Waals surface area contributed by atoms with Gasteiger partial charge in [-0.1, -0.05) is 0 Å². The van der Waals surface area contributed by atoms with Gasteiger partial charge in [0.25, 0.3) is 0 Å². The summed E-state index contributed by atoms with van der Waals surface area (Å²) in [6.45, 7) is 3.19. The average Bonchev–Trinajstić information content (AvgIpc) is 2.08. The molecule has 0 atom stereocenters. The summed E-state index contributed by atoms with van der Waals surface area (Å²) in [6, 6.07) is 2.70. The van der Waals surface area contributed by atoms with Crippen LogP contribution in [0.2, 0.25) is 0 Å². The molecule has 0 saturated carbocycles. The summed E-state index contributed by atoms with van der Waals surface area (Å²) < 4.78 is 39.5. The standard InChI is InChI=1S/C9H7F3N2O/c1-5-3-8(15-9(10,11)12)7(4-13)14-6(5)2/h3H,1-2H3. The Kier molecular flexibility index (Phi) is 2.84. The van der Waals surface area contributed by atoms with E-state index in [-0.39, 0.29) is 5.69 Å². The molecular weight excluding hydrogens is 209 g/mol. The highest BCUT2D eigenvalue weighted by Gasteiger charge is 2.32. The number of hydrogen-bond donors (Lipinski definition) is 0. The minimum atomic E-state index is -4.81. The van der Waals surface area contributed by atoms with Crippen molar-refractivity contribution in [2.45, 2.75) is 20.2 Å². The molecule has 0 aliphatic heterocycles. The molecule has 0 fully saturated rings. The van der Waals surface area contributed by atoms with Crippen molar-refractivity contribution in [2.24, 2.45) is 0 Å². The highest BCUT2D eigenvalue weighted by molar-refractivity contribution is 5.41. The highest BCUT2D eigenvalue weighted by Crippen LogP contribution is 2.26. The Bertz CT molecular complexity index is 421. The van der Waals surface area contributed by atoms with E-state index in [1.165, 1.54) is 0 Å². The van der Waals surface area contributed by atoms with Gasteiger partial charge in [0.2, 0.25) is 0 Å². The number of aromatic nitrogens is 1. The fourth-order valence-electron chi connectivity index (χ4n) is 0.963. The summed E-state index contributed by atoms with van der Waals surface area (Å²) in [5, 5.41) is 8.57. The molecule has 0 aromatic carbocycles. The van der Waals surface area contributed by atoms with E-state index in [1.807, 2.05) is 0 Å². The minimum Gasteiger partial charge on any atom is -0.403 e. The number of halogens is 3. The Balaban J connectivity index is 3.18. The lowest BCUT2D eigenvalue weighted by Gasteiger charge is -2.11. The van der Waals surface area contributed by atoms with Crippen molar-refractivity contribution in [1.29, 1.82) is 5.26 Å². The van der Waals surface area contributed by atoms with Gasteiger partial charge >= 0.3 is 6.36 Å². The van der Waals surface area contributed by atoms with E-state index in [0.29, 0.717) is 11.3 Å². The Morgan fingerprint density at radius 2 is 2.00 bits per heavy atom. The number of ether oxygens (including phenoxy) is 1. The number of aryl methyl sites for hydroxylation is 2. The quantitative estimate of drug-likeness (QED) is 0.724. The molecule has 1 aromatic heterocycles. The van der Waals surface area contributed by atoms with Crippen LogP contribution in [0.3, 0.4) is 0 Å². The van der Waals surface area contributed by atoms with Crippen LogP contribution in [0, 0.1) is 25.2 Å². The summed E-state index contributed by atoms with van der Waals surface area (Å²) in [5.41, 5.74) is 0.671. The highest BCUT2D eigenvalue weighted by atomic mass is 19.4. The maximum Gasteiger partial charge on any atom is 0.573 e. The van der Waals surface area contributed by atoms with E-state index in [2.05, 4.69) is 9.72 Å². The van der Waals surface area contributed by atoms with Crippen LogP contribution in [0.5, 0.6) is 5.75 Å². The van der Waals surface area contributed by atoms with Crippen molar-refractivity contribution in [1.82, 2.24) is 4.98 Å². The molecule has 3 nitrogen and oxygen atoms in total. The lowest BCUT2D eigenvalue weighted by atomic mass is 10.2. The van der Waals surface area contributed by atoms with E-state index >= 15 is 0 Å². The van der Waals surface area contributed by atoms with Gasteiger partial charge in [0, 0.05) is 5.69 Å². The molecule has 6 heteroatoms. The predicted octanol–water partition coefficient (Wildman–Crippen LogP) is 2.47. The molecule has 0 unspecified atom stereocenters. The number of rotatable bonds is 1. The van der Waals surface area contributed by atoms with Crippen molar-refractivity contribution in [3.05, 3.63) is 23.0 Å². The molecule has 0 amide bonds. The van der Waals surface area contributed by atoms with Gasteiger partial charge in [-0.2, -0.15) is 5.26 Å². The lowest BCUT2D eigenvalue weighted by molar-refractivity contribution is -0.274. The van der Waals surface area contributed by atoms with Crippen molar-refractivity contribution >= 4 is 0 Å². The molecule has 15 heavy (non-hydrogen) atoms. The first-order chi connectivity index (χ1) is 6.83. The summed E-state index contributed by atoms with van der Waals surface area (Å²) in [5.74, 6) is -0.562. The fraction of sp³-hybridized carbons (Fsp3) is 0.333. The zero-order chi connectivity index (χ0) is 11.6. The van der Waals surface area contributed by atoms with Gasteiger partial charge in [-0.05, 0) is 25.5 Å². The Morgan fingerprint density at radius 1 is 1.40 bits per heavy atom. The molecule has 0 saturated heterocycles. The maximum absolute atomic E-state index is 11.9. The normalized spacial score (nSPS) is 10.9. The number of alkyl halides is 3. The van der Waals surface area contributed by atoms with Crippen LogP contribution in [0.1, 0.15) is 17.0 Å². The van der Waals surface area contributed by atoms with Crippen LogP contribution < -0.4 is 4.74 Å². The van der Waals surface area contributed by atoms with Crippen LogP contribution in [0.15, 0.2) is 6.07 Å². The van der Waals surface area contributed by atoms with Crippen LogP contribution >= 0.6 is 0 Å². The summed E-state index contributed by atoms with van der Waals surface area (Å²) in [6.07, 6.45) is -4.81. The molecule has 0 bridgehead atoms. The Labute approximate surface area is 84.1 Å². The lowest BCUT2D eigenvalue weighted by Crippen LogP contribution is -2.18. The van der Waals surface area contributed by atoms with Gasteiger partial charge in [-0.15, -0.1) is 13.2 Å². The van der Waals surface area contributed by atoms with Gasteiger partial charge in [0.15, 0.2) is 11.4 Å². The third kappa shape index (κ3) is 2.84. The first-order valence-corrected chi connectivity index (χ1v) is 3.97. The first-order valence-electron chi connectivity index (χ1n) is 3.97. The molecule has 0 N–H and O–H groups in total. The first kappa shape index (κ1) is 11.3. The molecule has 1 aromatic rings. The predicted molar refractivity (Wildman–Crippen MR) is 45.1 cm³/mol. The Morgan fingerprint density at radius 3 is 2.47 bits per heavy atom. The van der Waals surface area contributed by atoms with E-state index in [9.17, 15) is 13.2 Å². The molecule has 0 aliphatic rings. The second-order valence-electron chi connectivity index (χ2n) is 2.90. The molecule has 0 spiro atoms. The Hall–Kier alpha value is -1.77. The van der Waals surface area contributed by atoms with E-state index < -0.39 is 12.1 Å². The number of nitriles is 1. The van der Waals surface area contributed by atoms with Crippen LogP contribution in [-0.4, -0.2) is 11.3 Å². The smallest absolute Gasteiger partial charge is 0.403 e. The molecule has 1 rings (SSSR count). The molecule has 0 radical (unpaired) electrons. The van der Waals surface area contributed by atoms with Gasteiger partial charge in [0.1, 0.15) is 6.07 Å². The van der Waals surface area contributed by atoms with Crippen molar-refractivity contribution in [2.75, 3.05) is 0 Å². The van der Waals surface area contributed by atoms with Crippen molar-refractivity contribution in [3.8, 4) is 11.8 Å². The molecule has 1 heterocycles. The minimum absolute atomic E-state index is 0.365.